The average molecular weight is 257 g/mol. The van der Waals surface area contributed by atoms with Gasteiger partial charge in [0.25, 0.3) is 0 Å². The van der Waals surface area contributed by atoms with Crippen molar-refractivity contribution < 1.29 is 14.6 Å². The number of carbonyl (C=O) groups is 1. The number of aliphatic hydroxyl groups is 1. The Labute approximate surface area is 110 Å². The van der Waals surface area contributed by atoms with Gasteiger partial charge >= 0.3 is 6.09 Å². The number of carbonyl (C=O) groups excluding carboxylic acids is 1. The molecule has 0 bridgehead atoms. The van der Waals surface area contributed by atoms with E-state index in [1.165, 1.54) is 0 Å². The molecule has 0 rings (SSSR count). The van der Waals surface area contributed by atoms with Crippen LogP contribution in [0, 0.1) is 0 Å². The summed E-state index contributed by atoms with van der Waals surface area (Å²) in [6, 6.07) is -0.280. The van der Waals surface area contributed by atoms with Gasteiger partial charge in [-0.2, -0.15) is 0 Å². The van der Waals surface area contributed by atoms with Crippen LogP contribution < -0.4 is 5.32 Å². The summed E-state index contributed by atoms with van der Waals surface area (Å²) in [4.78, 5) is 11.7. The molecule has 0 saturated heterocycles. The molecular formula is C14H27NO3. The van der Waals surface area contributed by atoms with E-state index in [0.29, 0.717) is 6.42 Å². The molecule has 4 heteroatoms. The van der Waals surface area contributed by atoms with Gasteiger partial charge in [0.15, 0.2) is 0 Å². The van der Waals surface area contributed by atoms with Crippen molar-refractivity contribution in [1.29, 1.82) is 0 Å². The Kier molecular flexibility index (Phi) is 7.67. The van der Waals surface area contributed by atoms with Gasteiger partial charge in [-0.05, 0) is 33.6 Å². The zero-order valence-corrected chi connectivity index (χ0v) is 12.0. The fraction of sp³-hybridized carbons (Fsp3) is 0.786. The predicted molar refractivity (Wildman–Crippen MR) is 73.5 cm³/mol. The molecule has 0 radical (unpaired) electrons. The summed E-state index contributed by atoms with van der Waals surface area (Å²) in [7, 11) is 0. The molecule has 0 aliphatic carbocycles. The maximum absolute atomic E-state index is 11.7. The molecule has 0 spiro atoms. The van der Waals surface area contributed by atoms with Crippen LogP contribution in [0.15, 0.2) is 12.7 Å². The first-order chi connectivity index (χ1) is 8.30. The molecule has 0 aromatic heterocycles. The molecule has 0 saturated carbocycles. The third-order valence-corrected chi connectivity index (χ3v) is 2.44. The predicted octanol–water partition coefficient (Wildman–Crippen LogP) is 3.01. The number of hydrogen-bond acceptors (Lipinski definition) is 3. The summed E-state index contributed by atoms with van der Waals surface area (Å²) in [6.07, 6.45) is 3.74. The minimum Gasteiger partial charge on any atom is -0.444 e. The van der Waals surface area contributed by atoms with Crippen LogP contribution in [-0.2, 0) is 4.74 Å². The molecule has 18 heavy (non-hydrogen) atoms. The summed E-state index contributed by atoms with van der Waals surface area (Å²) < 4.78 is 5.19. The molecule has 0 aliphatic rings. The van der Waals surface area contributed by atoms with Gasteiger partial charge in [0.05, 0.1) is 12.1 Å². The summed E-state index contributed by atoms with van der Waals surface area (Å²) >= 11 is 0. The number of ether oxygens (including phenoxy) is 1. The second-order valence-electron chi connectivity index (χ2n) is 5.49. The first-order valence-electron chi connectivity index (χ1n) is 6.58. The van der Waals surface area contributed by atoms with Gasteiger partial charge in [-0.25, -0.2) is 4.79 Å². The topological polar surface area (TPSA) is 58.6 Å². The lowest BCUT2D eigenvalue weighted by molar-refractivity contribution is 0.0415. The van der Waals surface area contributed by atoms with E-state index < -0.39 is 17.8 Å². The van der Waals surface area contributed by atoms with Gasteiger partial charge in [0.2, 0.25) is 0 Å². The van der Waals surface area contributed by atoms with Crippen molar-refractivity contribution in [3.63, 3.8) is 0 Å². The number of rotatable bonds is 7. The molecule has 106 valence electrons. The van der Waals surface area contributed by atoms with Crippen molar-refractivity contribution in [2.45, 2.75) is 71.1 Å². The van der Waals surface area contributed by atoms with Gasteiger partial charge in [0, 0.05) is 0 Å². The highest BCUT2D eigenvalue weighted by Gasteiger charge is 2.23. The van der Waals surface area contributed by atoms with Crippen molar-refractivity contribution in [2.24, 2.45) is 0 Å². The highest BCUT2D eigenvalue weighted by atomic mass is 16.6. The molecule has 2 N–H and O–H groups in total. The quantitative estimate of drug-likeness (QED) is 0.689. The lowest BCUT2D eigenvalue weighted by atomic mass is 10.0. The number of aliphatic hydroxyl groups excluding tert-OH is 1. The van der Waals surface area contributed by atoms with Gasteiger partial charge in [-0.1, -0.05) is 25.8 Å². The number of amides is 1. The molecule has 1 amide bonds. The minimum atomic E-state index is -0.610. The molecule has 0 fully saturated rings. The van der Waals surface area contributed by atoms with Crippen LogP contribution in [0.3, 0.4) is 0 Å². The van der Waals surface area contributed by atoms with Crippen molar-refractivity contribution in [2.75, 3.05) is 0 Å². The third-order valence-electron chi connectivity index (χ3n) is 2.44. The molecule has 4 nitrogen and oxygen atoms in total. The highest BCUT2D eigenvalue weighted by molar-refractivity contribution is 5.68. The SMILES string of the molecule is C=CC[C@@H](O)[C@H](CCCC)NC(=O)OC(C)(C)C. The Bertz CT molecular complexity index is 258. The molecule has 0 aromatic carbocycles. The zero-order chi connectivity index (χ0) is 14.2. The van der Waals surface area contributed by atoms with Crippen molar-refractivity contribution >= 4 is 6.09 Å². The van der Waals surface area contributed by atoms with Crippen molar-refractivity contribution in [3.8, 4) is 0 Å². The molecule has 0 unspecified atom stereocenters. The Morgan fingerprint density at radius 3 is 2.56 bits per heavy atom. The second kappa shape index (κ2) is 8.14. The zero-order valence-electron chi connectivity index (χ0n) is 12.0. The van der Waals surface area contributed by atoms with Crippen LogP contribution in [0.5, 0.6) is 0 Å². The second-order valence-corrected chi connectivity index (χ2v) is 5.49. The number of alkyl carbamates (subject to hydrolysis) is 1. The Hall–Kier alpha value is -1.03. The van der Waals surface area contributed by atoms with E-state index in [-0.39, 0.29) is 6.04 Å². The largest absolute Gasteiger partial charge is 0.444 e. The summed E-state index contributed by atoms with van der Waals surface area (Å²) in [5, 5.41) is 12.7. The maximum Gasteiger partial charge on any atom is 0.407 e. The number of nitrogens with one attached hydrogen (secondary N) is 1. The van der Waals surface area contributed by atoms with Crippen LogP contribution in [-0.4, -0.2) is 28.9 Å². The average Bonchev–Trinajstić information content (AvgIpc) is 2.21. The van der Waals surface area contributed by atoms with E-state index >= 15 is 0 Å². The molecule has 0 heterocycles. The minimum absolute atomic E-state index is 0.280. The summed E-state index contributed by atoms with van der Waals surface area (Å²) in [6.45, 7) is 11.1. The molecule has 2 atom stereocenters. The van der Waals surface area contributed by atoms with Crippen LogP contribution in [0.4, 0.5) is 4.79 Å². The maximum atomic E-state index is 11.7. The highest BCUT2D eigenvalue weighted by Crippen LogP contribution is 2.11. The van der Waals surface area contributed by atoms with E-state index in [2.05, 4.69) is 18.8 Å². The number of hydrogen-bond donors (Lipinski definition) is 2. The van der Waals surface area contributed by atoms with Crippen molar-refractivity contribution in [3.05, 3.63) is 12.7 Å². The van der Waals surface area contributed by atoms with Gasteiger partial charge < -0.3 is 15.2 Å². The Morgan fingerprint density at radius 2 is 2.11 bits per heavy atom. The van der Waals surface area contributed by atoms with Gasteiger partial charge in [-0.15, -0.1) is 6.58 Å². The van der Waals surface area contributed by atoms with E-state index in [1.54, 1.807) is 6.08 Å². The van der Waals surface area contributed by atoms with E-state index in [9.17, 15) is 9.90 Å². The van der Waals surface area contributed by atoms with Crippen LogP contribution in [0.1, 0.15) is 53.4 Å². The van der Waals surface area contributed by atoms with Crippen LogP contribution in [0.25, 0.3) is 0 Å². The standard InChI is InChI=1S/C14H27NO3/c1-6-8-10-11(12(16)9-7-2)15-13(17)18-14(3,4)5/h7,11-12,16H,2,6,8-10H2,1,3-5H3,(H,15,17)/t11-,12+/m0/s1. The van der Waals surface area contributed by atoms with E-state index in [4.69, 9.17) is 4.74 Å². The first-order valence-corrected chi connectivity index (χ1v) is 6.58. The normalized spacial score (nSPS) is 14.7. The van der Waals surface area contributed by atoms with Crippen molar-refractivity contribution in [1.82, 2.24) is 5.32 Å². The monoisotopic (exact) mass is 257 g/mol. The van der Waals surface area contributed by atoms with E-state index in [1.807, 2.05) is 20.8 Å². The lowest BCUT2D eigenvalue weighted by Gasteiger charge is -2.26. The Balaban J connectivity index is 4.38. The Morgan fingerprint density at radius 1 is 1.50 bits per heavy atom. The fourth-order valence-electron chi connectivity index (χ4n) is 1.58. The van der Waals surface area contributed by atoms with Gasteiger partial charge in [0.1, 0.15) is 5.60 Å². The fourth-order valence-corrected chi connectivity index (χ4v) is 1.58. The third kappa shape index (κ3) is 8.12. The summed E-state index contributed by atoms with van der Waals surface area (Å²) in [5.41, 5.74) is -0.525. The molecule has 0 aromatic rings. The summed E-state index contributed by atoms with van der Waals surface area (Å²) in [5.74, 6) is 0. The van der Waals surface area contributed by atoms with Crippen LogP contribution in [0.2, 0.25) is 0 Å². The smallest absolute Gasteiger partial charge is 0.407 e. The van der Waals surface area contributed by atoms with Crippen LogP contribution >= 0.6 is 0 Å². The van der Waals surface area contributed by atoms with E-state index in [0.717, 1.165) is 19.3 Å². The lowest BCUT2D eigenvalue weighted by Crippen LogP contribution is -2.45. The number of unbranched alkanes of at least 4 members (excludes halogenated alkanes) is 1. The first kappa shape index (κ1) is 17.0. The molecule has 0 aliphatic heterocycles. The molecular weight excluding hydrogens is 230 g/mol. The van der Waals surface area contributed by atoms with Gasteiger partial charge in [-0.3, -0.25) is 0 Å².